The number of hydrogen-bond acceptors (Lipinski definition) is 5. The van der Waals surface area contributed by atoms with Crippen molar-refractivity contribution in [1.29, 1.82) is 0 Å². The topological polar surface area (TPSA) is 75.7 Å². The van der Waals surface area contributed by atoms with E-state index >= 15 is 0 Å². The zero-order valence-corrected chi connectivity index (χ0v) is 13.4. The number of sulfonamides is 1. The smallest absolute Gasteiger partial charge is 0.325 e. The number of ether oxygens (including phenoxy) is 1. The van der Waals surface area contributed by atoms with Gasteiger partial charge in [0.05, 0.1) is 12.0 Å². The lowest BCUT2D eigenvalue weighted by molar-refractivity contribution is -0.138. The van der Waals surface area contributed by atoms with E-state index in [4.69, 9.17) is 0 Å². The summed E-state index contributed by atoms with van der Waals surface area (Å²) in [5.41, 5.74) is 0.775. The molecule has 1 rings (SSSR count). The second kappa shape index (κ2) is 7.99. The quantitative estimate of drug-likeness (QED) is 0.734. The number of methoxy groups -OCH3 is 1. The van der Waals surface area contributed by atoms with Crippen molar-refractivity contribution in [2.24, 2.45) is 0 Å². The number of nitrogens with zero attached hydrogens (tertiary/aromatic N) is 1. The molecule has 0 radical (unpaired) electrons. The highest BCUT2D eigenvalue weighted by Gasteiger charge is 2.14. The number of carbonyl (C=O) groups is 1. The second-order valence-corrected chi connectivity index (χ2v) is 6.25. The lowest BCUT2D eigenvalue weighted by atomic mass is 10.3. The molecule has 0 atom stereocenters. The normalized spacial score (nSPS) is 11.2. The van der Waals surface area contributed by atoms with Crippen molar-refractivity contribution < 1.29 is 17.9 Å². The summed E-state index contributed by atoms with van der Waals surface area (Å²) < 4.78 is 31.1. The molecule has 1 aromatic rings. The number of rotatable bonds is 8. The van der Waals surface area contributed by atoms with E-state index in [9.17, 15) is 13.2 Å². The van der Waals surface area contributed by atoms with Gasteiger partial charge in [-0.1, -0.05) is 6.92 Å². The fourth-order valence-corrected chi connectivity index (χ4v) is 2.90. The van der Waals surface area contributed by atoms with Gasteiger partial charge >= 0.3 is 5.97 Å². The molecule has 0 saturated heterocycles. The Hall–Kier alpha value is -1.60. The van der Waals surface area contributed by atoms with Crippen molar-refractivity contribution in [3.8, 4) is 0 Å². The Morgan fingerprint density at radius 2 is 1.86 bits per heavy atom. The number of benzene rings is 1. The van der Waals surface area contributed by atoms with Crippen LogP contribution in [0.5, 0.6) is 0 Å². The third kappa shape index (κ3) is 5.02. The maximum absolute atomic E-state index is 12.0. The summed E-state index contributed by atoms with van der Waals surface area (Å²) in [5.74, 6) is -0.335. The Morgan fingerprint density at radius 1 is 1.24 bits per heavy atom. The van der Waals surface area contributed by atoms with E-state index in [0.29, 0.717) is 13.1 Å². The zero-order valence-electron chi connectivity index (χ0n) is 12.6. The van der Waals surface area contributed by atoms with Gasteiger partial charge in [0.2, 0.25) is 10.0 Å². The number of esters is 1. The summed E-state index contributed by atoms with van der Waals surface area (Å²) in [6.07, 6.45) is 0.736. The van der Waals surface area contributed by atoms with Crippen molar-refractivity contribution in [3.63, 3.8) is 0 Å². The van der Waals surface area contributed by atoms with E-state index in [2.05, 4.69) is 9.46 Å². The lowest BCUT2D eigenvalue weighted by Crippen LogP contribution is -2.30. The van der Waals surface area contributed by atoms with Gasteiger partial charge in [-0.2, -0.15) is 0 Å². The summed E-state index contributed by atoms with van der Waals surface area (Å²) in [4.78, 5) is 13.4. The Balaban J connectivity index is 2.88. The van der Waals surface area contributed by atoms with Gasteiger partial charge in [0.1, 0.15) is 6.54 Å². The first-order valence-corrected chi connectivity index (χ1v) is 8.34. The Bertz CT molecular complexity index is 555. The Morgan fingerprint density at radius 3 is 2.33 bits per heavy atom. The summed E-state index contributed by atoms with van der Waals surface area (Å²) in [5, 5.41) is 0. The molecule has 0 aromatic heterocycles. The predicted octanol–water partition coefficient (Wildman–Crippen LogP) is 1.37. The van der Waals surface area contributed by atoms with Gasteiger partial charge in [-0.3, -0.25) is 4.79 Å². The largest absolute Gasteiger partial charge is 0.468 e. The third-order valence-electron chi connectivity index (χ3n) is 2.98. The molecule has 0 saturated carbocycles. The van der Waals surface area contributed by atoms with E-state index in [-0.39, 0.29) is 17.4 Å². The van der Waals surface area contributed by atoms with Crippen LogP contribution < -0.4 is 9.62 Å². The minimum atomic E-state index is -3.46. The van der Waals surface area contributed by atoms with Gasteiger partial charge < -0.3 is 9.64 Å². The van der Waals surface area contributed by atoms with E-state index in [0.717, 1.165) is 12.1 Å². The summed E-state index contributed by atoms with van der Waals surface area (Å²) >= 11 is 0. The molecule has 1 N–H and O–H groups in total. The molecule has 0 heterocycles. The molecule has 1 aromatic carbocycles. The van der Waals surface area contributed by atoms with Gasteiger partial charge in [-0.05, 0) is 37.6 Å². The van der Waals surface area contributed by atoms with Crippen molar-refractivity contribution in [2.45, 2.75) is 25.2 Å². The molecule has 0 fully saturated rings. The summed E-state index contributed by atoms with van der Waals surface area (Å²) in [6.45, 7) is 4.98. The number of carbonyl (C=O) groups excluding carboxylic acids is 1. The molecule has 0 amide bonds. The highest BCUT2D eigenvalue weighted by Crippen LogP contribution is 2.18. The Kier molecular flexibility index (Phi) is 6.64. The maximum Gasteiger partial charge on any atom is 0.325 e. The van der Waals surface area contributed by atoms with Crippen LogP contribution in [0, 0.1) is 0 Å². The molecule has 0 unspecified atom stereocenters. The van der Waals surface area contributed by atoms with Crippen LogP contribution in [0.2, 0.25) is 0 Å². The van der Waals surface area contributed by atoms with E-state index in [1.807, 2.05) is 18.7 Å². The standard InChI is InChI=1S/C14H22N2O4S/c1-4-10-15-21(18,19)13-8-6-12(7-9-13)16(5-2)11-14(17)20-3/h6-9,15H,4-5,10-11H2,1-3H3. The monoisotopic (exact) mass is 314 g/mol. The van der Waals surface area contributed by atoms with Gasteiger partial charge in [0, 0.05) is 18.8 Å². The SMILES string of the molecule is CCCNS(=O)(=O)c1ccc(N(CC)CC(=O)OC)cc1. The number of hydrogen-bond donors (Lipinski definition) is 1. The molecule has 6 nitrogen and oxygen atoms in total. The van der Waals surface area contributed by atoms with Crippen molar-refractivity contribution in [3.05, 3.63) is 24.3 Å². The van der Waals surface area contributed by atoms with Crippen LogP contribution in [0.4, 0.5) is 5.69 Å². The molecule has 7 heteroatoms. The highest BCUT2D eigenvalue weighted by atomic mass is 32.2. The van der Waals surface area contributed by atoms with Gasteiger partial charge in [-0.15, -0.1) is 0 Å². The highest BCUT2D eigenvalue weighted by molar-refractivity contribution is 7.89. The first-order chi connectivity index (χ1) is 9.94. The van der Waals surface area contributed by atoms with Crippen LogP contribution in [0.1, 0.15) is 20.3 Å². The minimum Gasteiger partial charge on any atom is -0.468 e. The molecule has 21 heavy (non-hydrogen) atoms. The summed E-state index contributed by atoms with van der Waals surface area (Å²) in [6, 6.07) is 6.44. The molecular formula is C14H22N2O4S. The number of likely N-dealkylation sites (N-methyl/N-ethyl adjacent to an activating group) is 1. The molecule has 0 aliphatic carbocycles. The van der Waals surface area contributed by atoms with Crippen LogP contribution in [0.25, 0.3) is 0 Å². The number of anilines is 1. The maximum atomic E-state index is 12.0. The molecule has 0 aliphatic rings. The predicted molar refractivity (Wildman–Crippen MR) is 81.8 cm³/mol. The lowest BCUT2D eigenvalue weighted by Gasteiger charge is -2.21. The van der Waals surface area contributed by atoms with Crippen molar-refractivity contribution in [2.75, 3.05) is 31.6 Å². The fourth-order valence-electron chi connectivity index (χ4n) is 1.76. The van der Waals surface area contributed by atoms with Gasteiger partial charge in [0.25, 0.3) is 0 Å². The van der Waals surface area contributed by atoms with Crippen LogP contribution in [-0.4, -0.2) is 41.1 Å². The van der Waals surface area contributed by atoms with E-state index in [1.165, 1.54) is 19.2 Å². The second-order valence-electron chi connectivity index (χ2n) is 4.48. The first-order valence-electron chi connectivity index (χ1n) is 6.86. The zero-order chi connectivity index (χ0) is 15.9. The van der Waals surface area contributed by atoms with E-state index in [1.54, 1.807) is 12.1 Å². The van der Waals surface area contributed by atoms with Crippen LogP contribution in [-0.2, 0) is 19.6 Å². The van der Waals surface area contributed by atoms with Gasteiger partial charge in [0.15, 0.2) is 0 Å². The molecule has 0 spiro atoms. The average Bonchev–Trinajstić information content (AvgIpc) is 2.50. The fraction of sp³-hybridized carbons (Fsp3) is 0.500. The van der Waals surface area contributed by atoms with Crippen LogP contribution in [0.3, 0.4) is 0 Å². The van der Waals surface area contributed by atoms with Crippen molar-refractivity contribution >= 4 is 21.7 Å². The van der Waals surface area contributed by atoms with Gasteiger partial charge in [-0.25, -0.2) is 13.1 Å². The Labute approximate surface area is 126 Å². The molecule has 118 valence electrons. The van der Waals surface area contributed by atoms with E-state index < -0.39 is 10.0 Å². The first kappa shape index (κ1) is 17.5. The average molecular weight is 314 g/mol. The van der Waals surface area contributed by atoms with Crippen LogP contribution in [0.15, 0.2) is 29.2 Å². The number of nitrogens with one attached hydrogen (secondary N) is 1. The van der Waals surface area contributed by atoms with Crippen molar-refractivity contribution in [1.82, 2.24) is 4.72 Å². The minimum absolute atomic E-state index is 0.132. The van der Waals surface area contributed by atoms with Crippen LogP contribution >= 0.6 is 0 Å². The summed E-state index contributed by atoms with van der Waals surface area (Å²) in [7, 11) is -2.12. The molecule has 0 bridgehead atoms. The molecular weight excluding hydrogens is 292 g/mol. The molecule has 0 aliphatic heterocycles. The third-order valence-corrected chi connectivity index (χ3v) is 4.46.